The molecule has 2 aliphatic rings. The van der Waals surface area contributed by atoms with Crippen molar-refractivity contribution in [3.05, 3.63) is 23.8 Å². The number of rotatable bonds is 6. The quantitative estimate of drug-likeness (QED) is 0.575. The fourth-order valence-corrected chi connectivity index (χ4v) is 3.59. The molecule has 0 aromatic heterocycles. The summed E-state index contributed by atoms with van der Waals surface area (Å²) in [4.78, 5) is 29.1. The Hall–Kier alpha value is -1.59. The second-order valence-corrected chi connectivity index (χ2v) is 7.33. The van der Waals surface area contributed by atoms with Gasteiger partial charge < -0.3 is 14.5 Å². The predicted octanol–water partition coefficient (Wildman–Crippen LogP) is 2.95. The molecule has 0 N–H and O–H groups in total. The number of hydrogen-bond acceptors (Lipinski definition) is 4. The molecule has 6 heteroatoms. The van der Waals surface area contributed by atoms with Crippen molar-refractivity contribution in [2.45, 2.75) is 32.8 Å². The smallest absolute Gasteiger partial charge is 0.268 e. The van der Waals surface area contributed by atoms with Crippen LogP contribution in [-0.2, 0) is 4.79 Å². The van der Waals surface area contributed by atoms with Crippen molar-refractivity contribution >= 4 is 29.0 Å². The van der Waals surface area contributed by atoms with Crippen molar-refractivity contribution in [2.75, 3.05) is 37.0 Å². The van der Waals surface area contributed by atoms with Crippen LogP contribution >= 0.6 is 11.6 Å². The van der Waals surface area contributed by atoms with Crippen LogP contribution in [0.5, 0.6) is 5.75 Å². The number of ketones is 1. The molecule has 1 aromatic carbocycles. The number of carbonyl (C=O) groups is 2. The van der Waals surface area contributed by atoms with E-state index in [0.717, 1.165) is 19.6 Å². The maximum Gasteiger partial charge on any atom is 0.268 e. The Balaban J connectivity index is 1.89. The molecule has 1 atom stereocenters. The molecule has 0 saturated carbocycles. The zero-order chi connectivity index (χ0) is 18.0. The lowest BCUT2D eigenvalue weighted by molar-refractivity contribution is -0.128. The summed E-state index contributed by atoms with van der Waals surface area (Å²) in [7, 11) is 0. The van der Waals surface area contributed by atoms with Gasteiger partial charge in [-0.05, 0) is 50.0 Å². The van der Waals surface area contributed by atoms with Crippen LogP contribution in [0.4, 0.5) is 5.69 Å². The average molecular weight is 365 g/mol. The van der Waals surface area contributed by atoms with E-state index in [4.69, 9.17) is 16.3 Å². The van der Waals surface area contributed by atoms with Crippen LogP contribution in [0.15, 0.2) is 18.2 Å². The Labute approximate surface area is 153 Å². The summed E-state index contributed by atoms with van der Waals surface area (Å²) in [5.41, 5.74) is 1.19. The minimum atomic E-state index is -0.486. The van der Waals surface area contributed by atoms with Crippen LogP contribution in [0.25, 0.3) is 0 Å². The van der Waals surface area contributed by atoms with Crippen molar-refractivity contribution in [3.8, 4) is 5.75 Å². The number of carbonyl (C=O) groups excluding carboxylic acids is 2. The first-order valence-electron chi connectivity index (χ1n) is 8.95. The Morgan fingerprint density at radius 3 is 2.64 bits per heavy atom. The molecule has 0 aliphatic carbocycles. The summed E-state index contributed by atoms with van der Waals surface area (Å²) < 4.78 is 5.93. The number of Topliss-reactive ketones (excluding diaryl/α,β-unsaturated/α-hetero) is 1. The second-order valence-electron chi connectivity index (χ2n) is 7.06. The largest absolute Gasteiger partial charge is 0.478 e. The fraction of sp³-hybridized carbons (Fsp3) is 0.579. The van der Waals surface area contributed by atoms with Gasteiger partial charge in [-0.1, -0.05) is 13.8 Å². The van der Waals surface area contributed by atoms with Gasteiger partial charge in [0.15, 0.2) is 11.9 Å². The monoisotopic (exact) mass is 364 g/mol. The summed E-state index contributed by atoms with van der Waals surface area (Å²) >= 11 is 5.68. The first-order valence-corrected chi connectivity index (χ1v) is 9.48. The number of alkyl halides is 1. The summed E-state index contributed by atoms with van der Waals surface area (Å²) in [6.45, 7) is 7.59. The molecule has 0 radical (unpaired) electrons. The Morgan fingerprint density at radius 2 is 2.00 bits per heavy atom. The van der Waals surface area contributed by atoms with Crippen molar-refractivity contribution in [3.63, 3.8) is 0 Å². The molecule has 1 aromatic rings. The molecule has 25 heavy (non-hydrogen) atoms. The van der Waals surface area contributed by atoms with Gasteiger partial charge in [0.25, 0.3) is 5.91 Å². The summed E-state index contributed by atoms with van der Waals surface area (Å²) in [6, 6.07) is 5.23. The average Bonchev–Trinajstić information content (AvgIpc) is 3.12. The standard InChI is InChI=1S/C19H25ClN2O3/c1-13(2)18-19(24)22(10-9-21-7-3-4-8-21)15-11-14(16(23)12-20)5-6-17(15)25-18/h5-6,11,13,18H,3-4,7-10,12H2,1-2H3. The zero-order valence-corrected chi connectivity index (χ0v) is 15.6. The summed E-state index contributed by atoms with van der Waals surface area (Å²) in [5.74, 6) is 0.486. The van der Waals surface area contributed by atoms with Crippen molar-refractivity contribution in [1.82, 2.24) is 4.90 Å². The molecule has 2 heterocycles. The SMILES string of the molecule is CC(C)C1Oc2ccc(C(=O)CCl)cc2N(CCN2CCCC2)C1=O. The molecule has 3 rings (SSSR count). The van der Waals surface area contributed by atoms with E-state index in [2.05, 4.69) is 4.90 Å². The Morgan fingerprint density at radius 1 is 1.28 bits per heavy atom. The molecule has 1 amide bonds. The molecule has 1 unspecified atom stereocenters. The molecule has 5 nitrogen and oxygen atoms in total. The van der Waals surface area contributed by atoms with Gasteiger partial charge in [-0.15, -0.1) is 11.6 Å². The van der Waals surface area contributed by atoms with Gasteiger partial charge in [0, 0.05) is 18.7 Å². The summed E-state index contributed by atoms with van der Waals surface area (Å²) in [6.07, 6.45) is 1.95. The van der Waals surface area contributed by atoms with Crippen LogP contribution in [0.1, 0.15) is 37.0 Å². The normalized spacial score (nSPS) is 20.7. The van der Waals surface area contributed by atoms with Gasteiger partial charge in [-0.2, -0.15) is 0 Å². The highest BCUT2D eigenvalue weighted by Crippen LogP contribution is 2.36. The molecule has 2 aliphatic heterocycles. The van der Waals surface area contributed by atoms with Crippen molar-refractivity contribution in [1.29, 1.82) is 0 Å². The third kappa shape index (κ3) is 3.82. The molecule has 0 spiro atoms. The number of ether oxygens (including phenoxy) is 1. The van der Waals surface area contributed by atoms with Gasteiger partial charge in [-0.25, -0.2) is 0 Å². The lowest BCUT2D eigenvalue weighted by Gasteiger charge is -2.37. The number of hydrogen-bond donors (Lipinski definition) is 0. The minimum Gasteiger partial charge on any atom is -0.478 e. The number of fused-ring (bicyclic) bond motifs is 1. The lowest BCUT2D eigenvalue weighted by atomic mass is 10.0. The maximum atomic E-state index is 13.0. The second kappa shape index (κ2) is 7.75. The minimum absolute atomic E-state index is 0.0304. The van der Waals surface area contributed by atoms with Crippen LogP contribution in [0.2, 0.25) is 0 Å². The van der Waals surface area contributed by atoms with E-state index >= 15 is 0 Å². The fourth-order valence-electron chi connectivity index (χ4n) is 3.44. The molecule has 1 saturated heterocycles. The third-order valence-corrected chi connectivity index (χ3v) is 5.14. The molecule has 136 valence electrons. The summed E-state index contributed by atoms with van der Waals surface area (Å²) in [5, 5.41) is 0. The van der Waals surface area contributed by atoms with Gasteiger partial charge in [0.2, 0.25) is 0 Å². The van der Waals surface area contributed by atoms with Gasteiger partial charge in [0.05, 0.1) is 11.6 Å². The number of benzene rings is 1. The Bertz CT molecular complexity index is 656. The van der Waals surface area contributed by atoms with Crippen molar-refractivity contribution < 1.29 is 14.3 Å². The molecular formula is C19H25ClN2O3. The molecule has 0 bridgehead atoms. The van der Waals surface area contributed by atoms with E-state index in [1.165, 1.54) is 12.8 Å². The van der Waals surface area contributed by atoms with Crippen LogP contribution < -0.4 is 9.64 Å². The van der Waals surface area contributed by atoms with Gasteiger partial charge in [0.1, 0.15) is 5.75 Å². The van der Waals surface area contributed by atoms with Crippen LogP contribution in [0, 0.1) is 5.92 Å². The predicted molar refractivity (Wildman–Crippen MR) is 98.8 cm³/mol. The van der Waals surface area contributed by atoms with Crippen LogP contribution in [-0.4, -0.2) is 54.8 Å². The lowest BCUT2D eigenvalue weighted by Crippen LogP contribution is -2.50. The first kappa shape index (κ1) is 18.2. The maximum absolute atomic E-state index is 13.0. The van der Waals surface area contributed by atoms with E-state index in [1.807, 2.05) is 13.8 Å². The molecule has 1 fully saturated rings. The number of nitrogens with zero attached hydrogens (tertiary/aromatic N) is 2. The highest BCUT2D eigenvalue weighted by molar-refractivity contribution is 6.30. The number of halogens is 1. The highest BCUT2D eigenvalue weighted by atomic mass is 35.5. The molecular weight excluding hydrogens is 340 g/mol. The van der Waals surface area contributed by atoms with Gasteiger partial charge in [-0.3, -0.25) is 9.59 Å². The highest BCUT2D eigenvalue weighted by Gasteiger charge is 2.36. The van der Waals surface area contributed by atoms with Crippen molar-refractivity contribution in [2.24, 2.45) is 5.92 Å². The van der Waals surface area contributed by atoms with E-state index in [9.17, 15) is 9.59 Å². The topological polar surface area (TPSA) is 49.9 Å². The number of anilines is 1. The van der Waals surface area contributed by atoms with Gasteiger partial charge >= 0.3 is 0 Å². The van der Waals surface area contributed by atoms with E-state index in [1.54, 1.807) is 23.1 Å². The zero-order valence-electron chi connectivity index (χ0n) is 14.8. The van der Waals surface area contributed by atoms with E-state index in [-0.39, 0.29) is 23.5 Å². The van der Waals surface area contributed by atoms with Crippen LogP contribution in [0.3, 0.4) is 0 Å². The first-order chi connectivity index (χ1) is 12.0. The van der Waals surface area contributed by atoms with E-state index in [0.29, 0.717) is 23.5 Å². The number of amides is 1. The third-order valence-electron chi connectivity index (χ3n) is 4.90. The number of likely N-dealkylation sites (tertiary alicyclic amines) is 1. The van der Waals surface area contributed by atoms with E-state index < -0.39 is 6.10 Å². The Kier molecular flexibility index (Phi) is 5.64.